The van der Waals surface area contributed by atoms with Gasteiger partial charge in [0.2, 0.25) is 0 Å². The summed E-state index contributed by atoms with van der Waals surface area (Å²) in [5, 5.41) is 4.11. The standard InChI is InChI=1S/C17H18ClNO2/c1-20-14-7-9-15(10-8-14)21-17-12(3-2-4-16(17)18)11-19-13-5-6-13/h2-4,7-10,13,19H,5-6,11H2,1H3. The summed E-state index contributed by atoms with van der Waals surface area (Å²) < 4.78 is 11.1. The molecule has 0 saturated heterocycles. The van der Waals surface area contributed by atoms with Gasteiger partial charge in [-0.1, -0.05) is 23.7 Å². The van der Waals surface area contributed by atoms with Gasteiger partial charge in [-0.3, -0.25) is 0 Å². The fourth-order valence-electron chi connectivity index (χ4n) is 2.11. The highest BCUT2D eigenvalue weighted by atomic mass is 35.5. The van der Waals surface area contributed by atoms with E-state index in [0.717, 1.165) is 29.4 Å². The van der Waals surface area contributed by atoms with Crippen LogP contribution in [0.25, 0.3) is 0 Å². The first-order valence-electron chi connectivity index (χ1n) is 7.09. The number of rotatable bonds is 6. The second-order valence-corrected chi connectivity index (χ2v) is 5.57. The van der Waals surface area contributed by atoms with Crippen LogP contribution in [-0.4, -0.2) is 13.2 Å². The summed E-state index contributed by atoms with van der Waals surface area (Å²) in [4.78, 5) is 0. The molecule has 0 amide bonds. The predicted octanol–water partition coefficient (Wildman–Crippen LogP) is 4.39. The van der Waals surface area contributed by atoms with Crippen molar-refractivity contribution in [1.29, 1.82) is 0 Å². The van der Waals surface area contributed by atoms with Gasteiger partial charge in [0.05, 0.1) is 12.1 Å². The van der Waals surface area contributed by atoms with Crippen LogP contribution in [0.5, 0.6) is 17.2 Å². The number of hydrogen-bond acceptors (Lipinski definition) is 3. The van der Waals surface area contributed by atoms with Crippen molar-refractivity contribution in [2.45, 2.75) is 25.4 Å². The lowest BCUT2D eigenvalue weighted by atomic mass is 10.2. The van der Waals surface area contributed by atoms with Gasteiger partial charge in [-0.15, -0.1) is 0 Å². The molecule has 0 heterocycles. The Balaban J connectivity index is 1.78. The van der Waals surface area contributed by atoms with E-state index in [1.54, 1.807) is 7.11 Å². The predicted molar refractivity (Wildman–Crippen MR) is 84.4 cm³/mol. The summed E-state index contributed by atoms with van der Waals surface area (Å²) in [6, 6.07) is 14.0. The molecular formula is C17H18ClNO2. The maximum atomic E-state index is 6.29. The van der Waals surface area contributed by atoms with Crippen LogP contribution in [0.4, 0.5) is 0 Å². The Bertz CT molecular complexity index is 609. The van der Waals surface area contributed by atoms with E-state index in [4.69, 9.17) is 21.1 Å². The van der Waals surface area contributed by atoms with E-state index in [2.05, 4.69) is 5.32 Å². The zero-order valence-electron chi connectivity index (χ0n) is 11.9. The molecule has 1 aliphatic carbocycles. The molecule has 3 rings (SSSR count). The van der Waals surface area contributed by atoms with Gasteiger partial charge in [0.15, 0.2) is 0 Å². The monoisotopic (exact) mass is 303 g/mol. The normalized spacial score (nSPS) is 14.0. The minimum Gasteiger partial charge on any atom is -0.497 e. The Morgan fingerprint density at radius 3 is 2.48 bits per heavy atom. The van der Waals surface area contributed by atoms with Crippen LogP contribution >= 0.6 is 11.6 Å². The molecular weight excluding hydrogens is 286 g/mol. The first-order chi connectivity index (χ1) is 10.3. The summed E-state index contributed by atoms with van der Waals surface area (Å²) in [6.07, 6.45) is 2.52. The number of para-hydroxylation sites is 1. The summed E-state index contributed by atoms with van der Waals surface area (Å²) in [7, 11) is 1.64. The maximum absolute atomic E-state index is 6.29. The third-order valence-corrected chi connectivity index (χ3v) is 3.78. The van der Waals surface area contributed by atoms with Gasteiger partial charge in [-0.2, -0.15) is 0 Å². The Morgan fingerprint density at radius 1 is 1.10 bits per heavy atom. The number of benzene rings is 2. The molecule has 1 aliphatic rings. The fourth-order valence-corrected chi connectivity index (χ4v) is 2.34. The number of methoxy groups -OCH3 is 1. The molecule has 4 heteroatoms. The van der Waals surface area contributed by atoms with Crippen LogP contribution in [0.1, 0.15) is 18.4 Å². The second-order valence-electron chi connectivity index (χ2n) is 5.16. The number of ether oxygens (including phenoxy) is 2. The van der Waals surface area contributed by atoms with Gasteiger partial charge < -0.3 is 14.8 Å². The molecule has 0 bridgehead atoms. The van der Waals surface area contributed by atoms with E-state index in [9.17, 15) is 0 Å². The van der Waals surface area contributed by atoms with Crippen molar-refractivity contribution in [2.24, 2.45) is 0 Å². The zero-order valence-corrected chi connectivity index (χ0v) is 12.7. The van der Waals surface area contributed by atoms with E-state index in [1.165, 1.54) is 12.8 Å². The van der Waals surface area contributed by atoms with Crippen molar-refractivity contribution < 1.29 is 9.47 Å². The Kier molecular flexibility index (Phi) is 4.32. The van der Waals surface area contributed by atoms with E-state index >= 15 is 0 Å². The highest BCUT2D eigenvalue weighted by molar-refractivity contribution is 6.32. The number of nitrogens with one attached hydrogen (secondary N) is 1. The average molecular weight is 304 g/mol. The molecule has 0 unspecified atom stereocenters. The maximum Gasteiger partial charge on any atom is 0.150 e. The molecule has 110 valence electrons. The van der Waals surface area contributed by atoms with Gasteiger partial charge in [0, 0.05) is 18.2 Å². The molecule has 0 aliphatic heterocycles. The van der Waals surface area contributed by atoms with E-state index < -0.39 is 0 Å². The lowest BCUT2D eigenvalue weighted by Gasteiger charge is -2.13. The number of halogens is 1. The SMILES string of the molecule is COc1ccc(Oc2c(Cl)cccc2CNC2CC2)cc1. The van der Waals surface area contributed by atoms with Crippen LogP contribution in [0.15, 0.2) is 42.5 Å². The van der Waals surface area contributed by atoms with Crippen molar-refractivity contribution in [1.82, 2.24) is 5.32 Å². The van der Waals surface area contributed by atoms with E-state index in [-0.39, 0.29) is 0 Å². The quantitative estimate of drug-likeness (QED) is 0.858. The van der Waals surface area contributed by atoms with Crippen LogP contribution in [0.3, 0.4) is 0 Å². The summed E-state index contributed by atoms with van der Waals surface area (Å²) in [6.45, 7) is 0.775. The van der Waals surface area contributed by atoms with Gasteiger partial charge in [-0.25, -0.2) is 0 Å². The third-order valence-electron chi connectivity index (χ3n) is 3.49. The average Bonchev–Trinajstić information content (AvgIpc) is 3.33. The summed E-state index contributed by atoms with van der Waals surface area (Å²) in [5.41, 5.74) is 1.07. The zero-order chi connectivity index (χ0) is 14.7. The lowest BCUT2D eigenvalue weighted by molar-refractivity contribution is 0.412. The smallest absolute Gasteiger partial charge is 0.150 e. The van der Waals surface area contributed by atoms with Crippen molar-refractivity contribution in [3.8, 4) is 17.2 Å². The molecule has 3 nitrogen and oxygen atoms in total. The lowest BCUT2D eigenvalue weighted by Crippen LogP contribution is -2.15. The summed E-state index contributed by atoms with van der Waals surface area (Å²) in [5.74, 6) is 2.27. The van der Waals surface area contributed by atoms with Crippen molar-refractivity contribution in [3.63, 3.8) is 0 Å². The molecule has 0 radical (unpaired) electrons. The molecule has 2 aromatic carbocycles. The van der Waals surface area contributed by atoms with Gasteiger partial charge >= 0.3 is 0 Å². The molecule has 21 heavy (non-hydrogen) atoms. The minimum absolute atomic E-state index is 0.626. The van der Waals surface area contributed by atoms with E-state index in [1.807, 2.05) is 42.5 Å². The highest BCUT2D eigenvalue weighted by Crippen LogP contribution is 2.34. The molecule has 1 N–H and O–H groups in total. The van der Waals surface area contributed by atoms with Gasteiger partial charge in [-0.05, 0) is 43.2 Å². The second kappa shape index (κ2) is 6.37. The highest BCUT2D eigenvalue weighted by Gasteiger charge is 2.21. The fraction of sp³-hybridized carbons (Fsp3) is 0.294. The molecule has 0 atom stereocenters. The van der Waals surface area contributed by atoms with Crippen LogP contribution in [0, 0.1) is 0 Å². The van der Waals surface area contributed by atoms with E-state index in [0.29, 0.717) is 11.1 Å². The van der Waals surface area contributed by atoms with Gasteiger partial charge in [0.25, 0.3) is 0 Å². The summed E-state index contributed by atoms with van der Waals surface area (Å²) >= 11 is 6.29. The third kappa shape index (κ3) is 3.69. The van der Waals surface area contributed by atoms with Crippen molar-refractivity contribution >= 4 is 11.6 Å². The Hall–Kier alpha value is -1.71. The van der Waals surface area contributed by atoms with Crippen LogP contribution in [0.2, 0.25) is 5.02 Å². The molecule has 2 aromatic rings. The van der Waals surface area contributed by atoms with Crippen molar-refractivity contribution in [2.75, 3.05) is 7.11 Å². The largest absolute Gasteiger partial charge is 0.497 e. The number of hydrogen-bond donors (Lipinski definition) is 1. The van der Waals surface area contributed by atoms with Crippen molar-refractivity contribution in [3.05, 3.63) is 53.1 Å². The Labute approximate surface area is 129 Å². The molecule has 1 saturated carbocycles. The Morgan fingerprint density at radius 2 is 1.81 bits per heavy atom. The van der Waals surface area contributed by atoms with Gasteiger partial charge in [0.1, 0.15) is 17.2 Å². The topological polar surface area (TPSA) is 30.5 Å². The first-order valence-corrected chi connectivity index (χ1v) is 7.47. The van der Waals surface area contributed by atoms with Crippen LogP contribution in [-0.2, 0) is 6.54 Å². The first kappa shape index (κ1) is 14.2. The minimum atomic E-state index is 0.626. The van der Waals surface area contributed by atoms with Crippen LogP contribution < -0.4 is 14.8 Å². The molecule has 0 spiro atoms. The molecule has 0 aromatic heterocycles. The molecule has 1 fully saturated rings.